The van der Waals surface area contributed by atoms with Gasteiger partial charge in [-0.05, 0) is 37.0 Å². The zero-order chi connectivity index (χ0) is 13.8. The predicted molar refractivity (Wildman–Crippen MR) is 84.3 cm³/mol. The number of unbranched alkanes of at least 4 members (excludes halogenated alkanes) is 1. The number of piperidine rings is 1. The minimum atomic E-state index is 0.331. The van der Waals surface area contributed by atoms with Gasteiger partial charge in [-0.3, -0.25) is 0 Å². The summed E-state index contributed by atoms with van der Waals surface area (Å²) >= 11 is 12.2. The first kappa shape index (κ1) is 15.0. The zero-order valence-electron chi connectivity index (χ0n) is 11.4. The van der Waals surface area contributed by atoms with Crippen LogP contribution in [0.3, 0.4) is 0 Å². The Hall–Kier alpha value is -0.440. The Morgan fingerprint density at radius 3 is 2.58 bits per heavy atom. The number of nitrogens with zero attached hydrogens (tertiary/aromatic N) is 1. The van der Waals surface area contributed by atoms with Crippen LogP contribution in [0.4, 0.5) is 5.69 Å². The SMILES string of the molecule is CCCC[C@H]1CN(c2cc(Cl)cc(Cl)c2)CC[C@H]1N. The molecule has 0 aromatic heterocycles. The summed E-state index contributed by atoms with van der Waals surface area (Å²) in [6.45, 7) is 4.22. The zero-order valence-corrected chi connectivity index (χ0v) is 12.9. The highest BCUT2D eigenvalue weighted by Gasteiger charge is 2.26. The third-order valence-corrected chi connectivity index (χ3v) is 4.37. The molecule has 2 atom stereocenters. The smallest absolute Gasteiger partial charge is 0.0441 e. The quantitative estimate of drug-likeness (QED) is 0.896. The van der Waals surface area contributed by atoms with E-state index >= 15 is 0 Å². The van der Waals surface area contributed by atoms with Crippen LogP contribution in [0.1, 0.15) is 32.6 Å². The average molecular weight is 301 g/mol. The molecule has 19 heavy (non-hydrogen) atoms. The minimum absolute atomic E-state index is 0.331. The van der Waals surface area contributed by atoms with E-state index in [-0.39, 0.29) is 0 Å². The largest absolute Gasteiger partial charge is 0.371 e. The summed E-state index contributed by atoms with van der Waals surface area (Å²) in [5.41, 5.74) is 7.36. The predicted octanol–water partition coefficient (Wildman–Crippen LogP) is 4.34. The molecule has 2 rings (SSSR count). The average Bonchev–Trinajstić information content (AvgIpc) is 2.36. The molecule has 0 aliphatic carbocycles. The molecule has 0 spiro atoms. The highest BCUT2D eigenvalue weighted by atomic mass is 35.5. The molecular formula is C15H22Cl2N2. The fourth-order valence-corrected chi connectivity index (χ4v) is 3.29. The summed E-state index contributed by atoms with van der Waals surface area (Å²) in [6.07, 6.45) is 4.73. The van der Waals surface area contributed by atoms with E-state index in [2.05, 4.69) is 11.8 Å². The molecule has 0 amide bonds. The molecule has 1 aromatic rings. The first-order valence-corrected chi connectivity index (χ1v) is 7.82. The van der Waals surface area contributed by atoms with Crippen LogP contribution in [0.2, 0.25) is 10.0 Å². The molecular weight excluding hydrogens is 279 g/mol. The molecule has 106 valence electrons. The van der Waals surface area contributed by atoms with E-state index in [1.54, 1.807) is 6.07 Å². The van der Waals surface area contributed by atoms with Crippen molar-refractivity contribution >= 4 is 28.9 Å². The van der Waals surface area contributed by atoms with Gasteiger partial charge < -0.3 is 10.6 Å². The minimum Gasteiger partial charge on any atom is -0.371 e. The van der Waals surface area contributed by atoms with Gasteiger partial charge in [0.05, 0.1) is 0 Å². The third-order valence-electron chi connectivity index (χ3n) is 3.93. The first-order valence-electron chi connectivity index (χ1n) is 7.06. The highest BCUT2D eigenvalue weighted by Crippen LogP contribution is 2.30. The number of hydrogen-bond donors (Lipinski definition) is 1. The second kappa shape index (κ2) is 6.83. The summed E-state index contributed by atoms with van der Waals surface area (Å²) in [5, 5.41) is 1.39. The maximum atomic E-state index is 6.24. The topological polar surface area (TPSA) is 29.3 Å². The number of hydrogen-bond acceptors (Lipinski definition) is 2. The number of halogens is 2. The molecule has 0 radical (unpaired) electrons. The van der Waals surface area contributed by atoms with Crippen LogP contribution in [0.15, 0.2) is 18.2 Å². The van der Waals surface area contributed by atoms with E-state index in [1.165, 1.54) is 19.3 Å². The third kappa shape index (κ3) is 4.01. The Kier molecular flexibility index (Phi) is 5.37. The van der Waals surface area contributed by atoms with E-state index in [1.807, 2.05) is 12.1 Å². The number of nitrogens with two attached hydrogens (primary N) is 1. The summed E-state index contributed by atoms with van der Waals surface area (Å²) in [4.78, 5) is 2.36. The van der Waals surface area contributed by atoms with Gasteiger partial charge in [0, 0.05) is 34.9 Å². The Morgan fingerprint density at radius 2 is 1.95 bits per heavy atom. The summed E-state index contributed by atoms with van der Waals surface area (Å²) in [5.74, 6) is 0.575. The Labute approximate surface area is 125 Å². The van der Waals surface area contributed by atoms with E-state index in [9.17, 15) is 0 Å². The highest BCUT2D eigenvalue weighted by molar-refractivity contribution is 6.35. The first-order chi connectivity index (χ1) is 9.10. The molecule has 1 fully saturated rings. The molecule has 2 nitrogen and oxygen atoms in total. The molecule has 4 heteroatoms. The van der Waals surface area contributed by atoms with Gasteiger partial charge in [-0.1, -0.05) is 43.0 Å². The van der Waals surface area contributed by atoms with Crippen LogP contribution in [0, 0.1) is 5.92 Å². The Balaban J connectivity index is 2.08. The lowest BCUT2D eigenvalue weighted by atomic mass is 9.88. The van der Waals surface area contributed by atoms with Gasteiger partial charge in [0.15, 0.2) is 0 Å². The van der Waals surface area contributed by atoms with Crippen LogP contribution in [0.25, 0.3) is 0 Å². The second-order valence-electron chi connectivity index (χ2n) is 5.43. The van der Waals surface area contributed by atoms with E-state index in [0.29, 0.717) is 22.0 Å². The Bertz CT molecular complexity index is 402. The standard InChI is InChI=1S/C15H22Cl2N2/c1-2-3-4-11-10-19(6-5-15(11)18)14-8-12(16)7-13(17)9-14/h7-9,11,15H,2-6,10,18H2,1H3/t11-,15+/m0/s1. The van der Waals surface area contributed by atoms with Gasteiger partial charge in [0.25, 0.3) is 0 Å². The molecule has 1 aromatic carbocycles. The molecule has 0 bridgehead atoms. The lowest BCUT2D eigenvalue weighted by Gasteiger charge is -2.38. The van der Waals surface area contributed by atoms with Crippen molar-refractivity contribution in [3.63, 3.8) is 0 Å². The van der Waals surface area contributed by atoms with Crippen LogP contribution < -0.4 is 10.6 Å². The normalized spacial score (nSPS) is 23.7. The maximum Gasteiger partial charge on any atom is 0.0441 e. The summed E-state index contributed by atoms with van der Waals surface area (Å²) in [6, 6.07) is 6.08. The van der Waals surface area contributed by atoms with Gasteiger partial charge in [-0.15, -0.1) is 0 Å². The summed E-state index contributed by atoms with van der Waals surface area (Å²) < 4.78 is 0. The van der Waals surface area contributed by atoms with Crippen LogP contribution in [-0.4, -0.2) is 19.1 Å². The van der Waals surface area contributed by atoms with Crippen molar-refractivity contribution in [1.29, 1.82) is 0 Å². The van der Waals surface area contributed by atoms with Crippen molar-refractivity contribution in [1.82, 2.24) is 0 Å². The number of rotatable bonds is 4. The Morgan fingerprint density at radius 1 is 1.26 bits per heavy atom. The molecule has 1 heterocycles. The summed E-state index contributed by atoms with van der Waals surface area (Å²) in [7, 11) is 0. The van der Waals surface area contributed by atoms with Crippen LogP contribution >= 0.6 is 23.2 Å². The van der Waals surface area contributed by atoms with E-state index < -0.39 is 0 Å². The van der Waals surface area contributed by atoms with Crippen LogP contribution in [0.5, 0.6) is 0 Å². The van der Waals surface area contributed by atoms with Crippen molar-refractivity contribution in [2.75, 3.05) is 18.0 Å². The molecule has 1 aliphatic rings. The molecule has 1 aliphatic heterocycles. The van der Waals surface area contributed by atoms with Gasteiger partial charge in [-0.25, -0.2) is 0 Å². The van der Waals surface area contributed by atoms with Gasteiger partial charge in [-0.2, -0.15) is 0 Å². The molecule has 2 N–H and O–H groups in total. The van der Waals surface area contributed by atoms with E-state index in [0.717, 1.165) is 25.2 Å². The van der Waals surface area contributed by atoms with Crippen molar-refractivity contribution < 1.29 is 0 Å². The second-order valence-corrected chi connectivity index (χ2v) is 6.30. The molecule has 0 unspecified atom stereocenters. The van der Waals surface area contributed by atoms with Gasteiger partial charge >= 0.3 is 0 Å². The van der Waals surface area contributed by atoms with Crippen LogP contribution in [-0.2, 0) is 0 Å². The van der Waals surface area contributed by atoms with Crippen molar-refractivity contribution in [2.45, 2.75) is 38.6 Å². The van der Waals surface area contributed by atoms with Crippen molar-refractivity contribution in [3.8, 4) is 0 Å². The molecule has 0 saturated carbocycles. The fraction of sp³-hybridized carbons (Fsp3) is 0.600. The fourth-order valence-electron chi connectivity index (χ4n) is 2.78. The van der Waals surface area contributed by atoms with E-state index in [4.69, 9.17) is 28.9 Å². The lowest BCUT2D eigenvalue weighted by molar-refractivity contribution is 0.330. The number of benzene rings is 1. The van der Waals surface area contributed by atoms with Crippen molar-refractivity contribution in [3.05, 3.63) is 28.2 Å². The maximum absolute atomic E-state index is 6.24. The monoisotopic (exact) mass is 300 g/mol. The van der Waals surface area contributed by atoms with Gasteiger partial charge in [0.1, 0.15) is 0 Å². The van der Waals surface area contributed by atoms with Gasteiger partial charge in [0.2, 0.25) is 0 Å². The van der Waals surface area contributed by atoms with Crippen molar-refractivity contribution in [2.24, 2.45) is 11.7 Å². The lowest BCUT2D eigenvalue weighted by Crippen LogP contribution is -2.47. The number of anilines is 1. The molecule has 1 saturated heterocycles.